The molecule has 132 valence electrons. The van der Waals surface area contributed by atoms with E-state index in [1.54, 1.807) is 0 Å². The lowest BCUT2D eigenvalue weighted by Crippen LogP contribution is -2.38. The van der Waals surface area contributed by atoms with E-state index < -0.39 is 19.2 Å². The summed E-state index contributed by atoms with van der Waals surface area (Å²) in [6, 6.07) is 0. The molecule has 0 rings (SSSR count). The zero-order chi connectivity index (χ0) is 17.1. The van der Waals surface area contributed by atoms with Gasteiger partial charge in [0, 0.05) is 6.92 Å². The smallest absolute Gasteiger partial charge is 0.329 e. The van der Waals surface area contributed by atoms with Gasteiger partial charge in [-0.05, 0) is 25.7 Å². The van der Waals surface area contributed by atoms with E-state index in [1.165, 1.54) is 6.92 Å². The molecular formula is C16H33O5P. The third-order valence-electron chi connectivity index (χ3n) is 3.83. The molecule has 0 atom stereocenters. The Balaban J connectivity index is 4.88. The minimum Gasteiger partial charge on any atom is -0.459 e. The maximum atomic E-state index is 11.5. The first-order chi connectivity index (χ1) is 10.2. The van der Waals surface area contributed by atoms with Crippen molar-refractivity contribution in [2.45, 2.75) is 90.6 Å². The van der Waals surface area contributed by atoms with Crippen molar-refractivity contribution >= 4 is 13.6 Å². The Kier molecular flexibility index (Phi) is 11.0. The molecule has 6 heteroatoms. The van der Waals surface area contributed by atoms with Crippen LogP contribution >= 0.6 is 7.60 Å². The van der Waals surface area contributed by atoms with Gasteiger partial charge in [0.05, 0.1) is 6.16 Å². The van der Waals surface area contributed by atoms with Gasteiger partial charge in [-0.3, -0.25) is 9.36 Å². The van der Waals surface area contributed by atoms with Crippen molar-refractivity contribution in [3.05, 3.63) is 0 Å². The van der Waals surface area contributed by atoms with E-state index in [2.05, 4.69) is 13.8 Å². The summed E-state index contributed by atoms with van der Waals surface area (Å²) in [4.78, 5) is 30.2. The number of carbonyl (C=O) groups excluding carboxylic acids is 1. The zero-order valence-corrected chi connectivity index (χ0v) is 15.2. The summed E-state index contributed by atoms with van der Waals surface area (Å²) in [6.45, 7) is 5.53. The second kappa shape index (κ2) is 11.2. The maximum Gasteiger partial charge on any atom is 0.329 e. The molecule has 0 aliphatic rings. The molecule has 0 aromatic rings. The van der Waals surface area contributed by atoms with Crippen LogP contribution in [-0.2, 0) is 14.1 Å². The number of hydrogen-bond acceptors (Lipinski definition) is 3. The predicted octanol–water partition coefficient (Wildman–Crippen LogP) is 4.41. The van der Waals surface area contributed by atoms with Gasteiger partial charge in [-0.15, -0.1) is 0 Å². The van der Waals surface area contributed by atoms with Crippen LogP contribution in [0.15, 0.2) is 0 Å². The first-order valence-corrected chi connectivity index (χ1v) is 10.3. The highest BCUT2D eigenvalue weighted by atomic mass is 31.2. The fourth-order valence-corrected chi connectivity index (χ4v) is 3.98. The van der Waals surface area contributed by atoms with E-state index in [4.69, 9.17) is 4.74 Å². The van der Waals surface area contributed by atoms with Gasteiger partial charge >= 0.3 is 13.6 Å². The van der Waals surface area contributed by atoms with Gasteiger partial charge in [0.2, 0.25) is 0 Å². The fourth-order valence-electron chi connectivity index (χ4n) is 2.85. The van der Waals surface area contributed by atoms with Gasteiger partial charge in [0.15, 0.2) is 0 Å². The molecule has 22 heavy (non-hydrogen) atoms. The summed E-state index contributed by atoms with van der Waals surface area (Å²) < 4.78 is 17.0. The van der Waals surface area contributed by atoms with Crippen LogP contribution in [0, 0.1) is 0 Å². The lowest BCUT2D eigenvalue weighted by atomic mass is 9.91. The molecule has 2 N–H and O–H groups in total. The molecule has 0 aliphatic carbocycles. The lowest BCUT2D eigenvalue weighted by molar-refractivity contribution is -0.156. The minimum absolute atomic E-state index is 0.363. The SMILES string of the molecule is CCCCCCC(CCCCCC)(CP(=O)(O)O)OC(C)=O. The van der Waals surface area contributed by atoms with Crippen LogP contribution in [0.4, 0.5) is 0 Å². The molecule has 0 amide bonds. The number of ether oxygens (including phenoxy) is 1. The summed E-state index contributed by atoms with van der Waals surface area (Å²) in [6.07, 6.45) is 8.70. The molecule has 0 aromatic carbocycles. The van der Waals surface area contributed by atoms with E-state index in [9.17, 15) is 19.1 Å². The molecule has 0 heterocycles. The number of esters is 1. The van der Waals surface area contributed by atoms with Crippen LogP contribution in [0.2, 0.25) is 0 Å². The molecule has 0 spiro atoms. The van der Waals surface area contributed by atoms with Crippen molar-refractivity contribution in [2.75, 3.05) is 6.16 Å². The first-order valence-electron chi connectivity index (χ1n) is 8.49. The third-order valence-corrected chi connectivity index (χ3v) is 4.81. The van der Waals surface area contributed by atoms with Crippen LogP contribution in [0.1, 0.15) is 85.0 Å². The van der Waals surface area contributed by atoms with Gasteiger partial charge in [-0.25, -0.2) is 0 Å². The van der Waals surface area contributed by atoms with Crippen LogP contribution in [-0.4, -0.2) is 27.5 Å². The normalized spacial score (nSPS) is 12.4. The Morgan fingerprint density at radius 3 is 1.73 bits per heavy atom. The second-order valence-electron chi connectivity index (χ2n) is 6.22. The maximum absolute atomic E-state index is 11.5. The molecule has 0 unspecified atom stereocenters. The molecule has 0 saturated heterocycles. The highest BCUT2D eigenvalue weighted by Crippen LogP contribution is 2.44. The molecule has 0 aliphatic heterocycles. The Morgan fingerprint density at radius 2 is 1.41 bits per heavy atom. The minimum atomic E-state index is -4.23. The van der Waals surface area contributed by atoms with Crippen LogP contribution in [0.5, 0.6) is 0 Å². The summed E-state index contributed by atoms with van der Waals surface area (Å²) in [5.74, 6) is -0.459. The summed E-state index contributed by atoms with van der Waals surface area (Å²) in [5, 5.41) is 0. The topological polar surface area (TPSA) is 83.8 Å². The van der Waals surface area contributed by atoms with Crippen molar-refractivity contribution in [3.63, 3.8) is 0 Å². The number of hydrogen-bond donors (Lipinski definition) is 2. The van der Waals surface area contributed by atoms with Gasteiger partial charge < -0.3 is 14.5 Å². The Bertz CT molecular complexity index is 338. The van der Waals surface area contributed by atoms with Gasteiger partial charge in [-0.1, -0.05) is 52.4 Å². The standard InChI is InChI=1S/C16H33O5P/c1-4-6-8-10-12-16(21-15(3)17,14-22(18,19)20)13-11-9-7-5-2/h4-14H2,1-3H3,(H2,18,19,20). The van der Waals surface area contributed by atoms with E-state index in [-0.39, 0.29) is 6.16 Å². The Labute approximate surface area is 135 Å². The highest BCUT2D eigenvalue weighted by Gasteiger charge is 2.39. The molecule has 0 aromatic heterocycles. The molecule has 0 bridgehead atoms. The average molecular weight is 336 g/mol. The monoisotopic (exact) mass is 336 g/mol. The van der Waals surface area contributed by atoms with E-state index >= 15 is 0 Å². The molecule has 0 fully saturated rings. The van der Waals surface area contributed by atoms with Crippen LogP contribution in [0.25, 0.3) is 0 Å². The largest absolute Gasteiger partial charge is 0.459 e. The molecule has 5 nitrogen and oxygen atoms in total. The average Bonchev–Trinajstić information content (AvgIpc) is 2.37. The van der Waals surface area contributed by atoms with E-state index in [0.29, 0.717) is 12.8 Å². The Hall–Kier alpha value is -0.380. The van der Waals surface area contributed by atoms with Gasteiger partial charge in [0.1, 0.15) is 5.60 Å². The number of unbranched alkanes of at least 4 members (excludes halogenated alkanes) is 6. The van der Waals surface area contributed by atoms with Crippen molar-refractivity contribution in [1.29, 1.82) is 0 Å². The van der Waals surface area contributed by atoms with Gasteiger partial charge in [-0.2, -0.15) is 0 Å². The van der Waals surface area contributed by atoms with Crippen molar-refractivity contribution < 1.29 is 23.9 Å². The predicted molar refractivity (Wildman–Crippen MR) is 88.9 cm³/mol. The third kappa shape index (κ3) is 11.2. The van der Waals surface area contributed by atoms with Crippen LogP contribution in [0.3, 0.4) is 0 Å². The quantitative estimate of drug-likeness (QED) is 0.296. The van der Waals surface area contributed by atoms with Crippen LogP contribution < -0.4 is 0 Å². The van der Waals surface area contributed by atoms with Crippen molar-refractivity contribution in [2.24, 2.45) is 0 Å². The fraction of sp³-hybridized carbons (Fsp3) is 0.938. The molecule has 0 radical (unpaired) electrons. The summed E-state index contributed by atoms with van der Waals surface area (Å²) in [5.41, 5.74) is -1.01. The first kappa shape index (κ1) is 21.6. The highest BCUT2D eigenvalue weighted by molar-refractivity contribution is 7.51. The number of rotatable bonds is 13. The zero-order valence-electron chi connectivity index (χ0n) is 14.3. The summed E-state index contributed by atoms with van der Waals surface area (Å²) >= 11 is 0. The van der Waals surface area contributed by atoms with Crippen molar-refractivity contribution in [1.82, 2.24) is 0 Å². The van der Waals surface area contributed by atoms with E-state index in [0.717, 1.165) is 51.4 Å². The summed E-state index contributed by atoms with van der Waals surface area (Å²) in [7, 11) is -4.23. The lowest BCUT2D eigenvalue weighted by Gasteiger charge is -2.33. The Morgan fingerprint density at radius 1 is 0.955 bits per heavy atom. The molecule has 0 saturated carbocycles. The second-order valence-corrected chi connectivity index (χ2v) is 7.87. The van der Waals surface area contributed by atoms with Crippen molar-refractivity contribution in [3.8, 4) is 0 Å². The molecular weight excluding hydrogens is 303 g/mol. The number of carbonyl (C=O) groups is 1. The van der Waals surface area contributed by atoms with Gasteiger partial charge in [0.25, 0.3) is 0 Å². The van der Waals surface area contributed by atoms with E-state index in [1.807, 2.05) is 0 Å².